The van der Waals surface area contributed by atoms with E-state index in [0.717, 1.165) is 0 Å². The number of esters is 1. The lowest BCUT2D eigenvalue weighted by Gasteiger charge is -2.05. The van der Waals surface area contributed by atoms with Crippen molar-refractivity contribution in [2.45, 2.75) is 6.61 Å². The third-order valence-electron chi connectivity index (χ3n) is 2.33. The van der Waals surface area contributed by atoms with Crippen molar-refractivity contribution in [1.82, 2.24) is 10.3 Å². The number of nitrogens with one attached hydrogen (secondary N) is 1. The normalized spacial score (nSPS) is 10.1. The Morgan fingerprint density at radius 2 is 2.20 bits per heavy atom. The van der Waals surface area contributed by atoms with Crippen LogP contribution in [-0.4, -0.2) is 23.4 Å². The largest absolute Gasteiger partial charge is 0.459 e. The molecule has 20 heavy (non-hydrogen) atoms. The summed E-state index contributed by atoms with van der Waals surface area (Å²) in [5.74, 6) is -0.889. The molecule has 7 heteroatoms. The number of amides is 1. The number of nitrogens with zero attached hydrogens (tertiary/aromatic N) is 1. The van der Waals surface area contributed by atoms with Crippen LogP contribution in [0.25, 0.3) is 0 Å². The van der Waals surface area contributed by atoms with Crippen molar-refractivity contribution in [1.29, 1.82) is 0 Å². The summed E-state index contributed by atoms with van der Waals surface area (Å²) in [7, 11) is 0. The van der Waals surface area contributed by atoms with E-state index in [1.165, 1.54) is 18.5 Å². The van der Waals surface area contributed by atoms with Crippen molar-refractivity contribution in [3.05, 3.63) is 53.2 Å². The fraction of sp³-hybridized carbons (Fsp3) is 0.154. The second-order valence-corrected chi connectivity index (χ2v) is 4.20. The van der Waals surface area contributed by atoms with Crippen molar-refractivity contribution < 1.29 is 18.7 Å². The molecule has 0 aliphatic heterocycles. The highest BCUT2D eigenvalue weighted by atomic mass is 35.5. The molecular weight excluding hydrogens is 284 g/mol. The van der Waals surface area contributed by atoms with E-state index in [4.69, 9.17) is 20.8 Å². The van der Waals surface area contributed by atoms with Gasteiger partial charge in [0.15, 0.2) is 5.76 Å². The summed E-state index contributed by atoms with van der Waals surface area (Å²) in [6, 6.07) is 6.38. The van der Waals surface area contributed by atoms with Crippen molar-refractivity contribution >= 4 is 23.5 Å². The van der Waals surface area contributed by atoms with Gasteiger partial charge in [0.05, 0.1) is 6.26 Å². The molecule has 0 unspecified atom stereocenters. The highest BCUT2D eigenvalue weighted by molar-refractivity contribution is 6.29. The minimum atomic E-state index is -0.556. The third-order valence-corrected chi connectivity index (χ3v) is 2.55. The molecule has 0 fully saturated rings. The second kappa shape index (κ2) is 6.72. The minimum Gasteiger partial charge on any atom is -0.459 e. The zero-order valence-corrected chi connectivity index (χ0v) is 11.1. The SMILES string of the molecule is O=C(CNC(=O)c1ccco1)OCc1ccc(Cl)nc1. The lowest BCUT2D eigenvalue weighted by molar-refractivity contribution is -0.143. The first-order chi connectivity index (χ1) is 9.65. The van der Waals surface area contributed by atoms with Crippen LogP contribution in [0.15, 0.2) is 41.1 Å². The topological polar surface area (TPSA) is 81.4 Å². The Morgan fingerprint density at radius 3 is 2.85 bits per heavy atom. The number of hydrogen-bond acceptors (Lipinski definition) is 5. The molecule has 0 atom stereocenters. The standard InChI is InChI=1S/C13H11ClN2O4/c14-11-4-3-9(6-15-11)8-20-12(17)7-16-13(18)10-2-1-5-19-10/h1-6H,7-8H2,(H,16,18). The Kier molecular flexibility index (Phi) is 4.73. The minimum absolute atomic E-state index is 0.0691. The molecule has 6 nitrogen and oxygen atoms in total. The Bertz CT molecular complexity index is 581. The number of carbonyl (C=O) groups excluding carboxylic acids is 2. The summed E-state index contributed by atoms with van der Waals surface area (Å²) in [5, 5.41) is 2.75. The van der Waals surface area contributed by atoms with E-state index in [2.05, 4.69) is 10.3 Å². The van der Waals surface area contributed by atoms with Gasteiger partial charge in [-0.3, -0.25) is 9.59 Å². The molecule has 0 bridgehead atoms. The number of ether oxygens (including phenoxy) is 1. The van der Waals surface area contributed by atoms with Gasteiger partial charge >= 0.3 is 5.97 Å². The number of pyridine rings is 1. The van der Waals surface area contributed by atoms with Crippen LogP contribution in [0.1, 0.15) is 16.1 Å². The maximum Gasteiger partial charge on any atom is 0.325 e. The van der Waals surface area contributed by atoms with E-state index >= 15 is 0 Å². The molecule has 1 N–H and O–H groups in total. The number of hydrogen-bond donors (Lipinski definition) is 1. The summed E-state index contributed by atoms with van der Waals surface area (Å²) in [4.78, 5) is 26.8. The van der Waals surface area contributed by atoms with Crippen molar-refractivity contribution in [3.8, 4) is 0 Å². The maximum absolute atomic E-state index is 11.5. The molecule has 1 amide bonds. The number of rotatable bonds is 5. The van der Waals surface area contributed by atoms with Crippen LogP contribution in [0.2, 0.25) is 5.15 Å². The van der Waals surface area contributed by atoms with E-state index in [-0.39, 0.29) is 18.9 Å². The van der Waals surface area contributed by atoms with E-state index in [9.17, 15) is 9.59 Å². The number of aromatic nitrogens is 1. The van der Waals surface area contributed by atoms with Crippen LogP contribution in [0, 0.1) is 0 Å². The molecule has 0 aliphatic carbocycles. The second-order valence-electron chi connectivity index (χ2n) is 3.81. The van der Waals surface area contributed by atoms with Crippen LogP contribution < -0.4 is 5.32 Å². The zero-order chi connectivity index (χ0) is 14.4. The number of carbonyl (C=O) groups is 2. The van der Waals surface area contributed by atoms with Gasteiger partial charge in [0.2, 0.25) is 0 Å². The Labute approximate surface area is 119 Å². The van der Waals surface area contributed by atoms with E-state index in [0.29, 0.717) is 10.7 Å². The van der Waals surface area contributed by atoms with Gasteiger partial charge in [-0.15, -0.1) is 0 Å². The van der Waals surface area contributed by atoms with Gasteiger partial charge < -0.3 is 14.5 Å². The number of furan rings is 1. The molecule has 0 saturated carbocycles. The molecule has 0 aliphatic rings. The molecular formula is C13H11ClN2O4. The fourth-order valence-electron chi connectivity index (χ4n) is 1.35. The molecule has 2 aromatic rings. The van der Waals surface area contributed by atoms with E-state index in [1.807, 2.05) is 0 Å². The summed E-state index contributed by atoms with van der Waals surface area (Å²) in [6.45, 7) is -0.166. The summed E-state index contributed by atoms with van der Waals surface area (Å²) >= 11 is 5.63. The smallest absolute Gasteiger partial charge is 0.325 e. The average Bonchev–Trinajstić information content (AvgIpc) is 2.98. The molecule has 2 aromatic heterocycles. The number of halogens is 1. The molecule has 0 saturated heterocycles. The van der Waals surface area contributed by atoms with Gasteiger partial charge in [0.25, 0.3) is 5.91 Å². The summed E-state index contributed by atoms with van der Waals surface area (Å²) < 4.78 is 9.85. The van der Waals surface area contributed by atoms with Crippen molar-refractivity contribution in [2.24, 2.45) is 0 Å². The Hall–Kier alpha value is -2.34. The van der Waals surface area contributed by atoms with E-state index in [1.54, 1.807) is 18.2 Å². The van der Waals surface area contributed by atoms with Crippen LogP contribution in [-0.2, 0) is 16.1 Å². The first kappa shape index (κ1) is 14.1. The van der Waals surface area contributed by atoms with E-state index < -0.39 is 11.9 Å². The van der Waals surface area contributed by atoms with Gasteiger partial charge in [-0.2, -0.15) is 0 Å². The van der Waals surface area contributed by atoms with Gasteiger partial charge in [-0.05, 0) is 18.2 Å². The highest BCUT2D eigenvalue weighted by Gasteiger charge is 2.10. The molecule has 0 aromatic carbocycles. The first-order valence-electron chi connectivity index (χ1n) is 5.73. The predicted octanol–water partition coefficient (Wildman–Crippen LogP) is 1.80. The quantitative estimate of drug-likeness (QED) is 0.672. The molecule has 2 heterocycles. The monoisotopic (exact) mass is 294 g/mol. The van der Waals surface area contributed by atoms with Crippen LogP contribution in [0.5, 0.6) is 0 Å². The van der Waals surface area contributed by atoms with Gasteiger partial charge in [-0.1, -0.05) is 17.7 Å². The Balaban J connectivity index is 1.73. The first-order valence-corrected chi connectivity index (χ1v) is 6.10. The predicted molar refractivity (Wildman–Crippen MR) is 70.1 cm³/mol. The third kappa shape index (κ3) is 4.10. The molecule has 2 rings (SSSR count). The lowest BCUT2D eigenvalue weighted by atomic mass is 10.3. The molecule has 104 valence electrons. The van der Waals surface area contributed by atoms with Crippen LogP contribution in [0.3, 0.4) is 0 Å². The Morgan fingerprint density at radius 1 is 1.35 bits per heavy atom. The van der Waals surface area contributed by atoms with Gasteiger partial charge in [0.1, 0.15) is 18.3 Å². The fourth-order valence-corrected chi connectivity index (χ4v) is 1.47. The van der Waals surface area contributed by atoms with Gasteiger partial charge in [-0.25, -0.2) is 4.98 Å². The van der Waals surface area contributed by atoms with Crippen molar-refractivity contribution in [2.75, 3.05) is 6.54 Å². The van der Waals surface area contributed by atoms with Gasteiger partial charge in [0, 0.05) is 11.8 Å². The zero-order valence-electron chi connectivity index (χ0n) is 10.3. The summed E-state index contributed by atoms with van der Waals surface area (Å²) in [6.07, 6.45) is 2.89. The average molecular weight is 295 g/mol. The van der Waals surface area contributed by atoms with Crippen LogP contribution in [0.4, 0.5) is 0 Å². The van der Waals surface area contributed by atoms with Crippen molar-refractivity contribution in [3.63, 3.8) is 0 Å². The lowest BCUT2D eigenvalue weighted by Crippen LogP contribution is -2.30. The summed E-state index contributed by atoms with van der Waals surface area (Å²) in [5.41, 5.74) is 0.708. The molecule has 0 spiro atoms. The highest BCUT2D eigenvalue weighted by Crippen LogP contribution is 2.06. The molecule has 0 radical (unpaired) electrons. The maximum atomic E-state index is 11.5. The van der Waals surface area contributed by atoms with Crippen LogP contribution >= 0.6 is 11.6 Å².